The molecule has 0 unspecified atom stereocenters. The van der Waals surface area contributed by atoms with Crippen LogP contribution in [0.2, 0.25) is 0 Å². The number of fused-ring (bicyclic) bond motifs is 1. The van der Waals surface area contributed by atoms with E-state index in [4.69, 9.17) is 0 Å². The second kappa shape index (κ2) is 8.86. The second-order valence-corrected chi connectivity index (χ2v) is 7.16. The lowest BCUT2D eigenvalue weighted by molar-refractivity contribution is -0.132. The van der Waals surface area contributed by atoms with E-state index in [0.717, 1.165) is 29.7 Å². The van der Waals surface area contributed by atoms with E-state index in [2.05, 4.69) is 4.98 Å². The summed E-state index contributed by atoms with van der Waals surface area (Å²) in [6.45, 7) is 1.03. The fourth-order valence-electron chi connectivity index (χ4n) is 3.43. The van der Waals surface area contributed by atoms with Crippen LogP contribution in [0.25, 0.3) is 11.0 Å². The molecule has 6 heteroatoms. The average molecular weight is 405 g/mol. The van der Waals surface area contributed by atoms with E-state index >= 15 is 0 Å². The molecule has 4 aromatic rings. The predicted molar refractivity (Wildman–Crippen MR) is 112 cm³/mol. The molecule has 0 fully saturated rings. The quantitative estimate of drug-likeness (QED) is 0.451. The van der Waals surface area contributed by atoms with Crippen molar-refractivity contribution in [2.24, 2.45) is 0 Å². The Morgan fingerprint density at radius 3 is 2.23 bits per heavy atom. The van der Waals surface area contributed by atoms with Crippen molar-refractivity contribution in [2.75, 3.05) is 6.54 Å². The lowest BCUT2D eigenvalue weighted by Crippen LogP contribution is -2.35. The van der Waals surface area contributed by atoms with E-state index in [9.17, 15) is 13.6 Å². The Labute approximate surface area is 173 Å². The molecule has 0 aliphatic carbocycles. The molecule has 3 aromatic carbocycles. The minimum Gasteiger partial charge on any atom is -0.336 e. The predicted octanol–water partition coefficient (Wildman–Crippen LogP) is 4.59. The molecule has 30 heavy (non-hydrogen) atoms. The van der Waals surface area contributed by atoms with E-state index in [1.54, 1.807) is 9.47 Å². The Bertz CT molecular complexity index is 1140. The average Bonchev–Trinajstić information content (AvgIpc) is 3.14. The van der Waals surface area contributed by atoms with Crippen LogP contribution in [0.5, 0.6) is 0 Å². The first kappa shape index (κ1) is 19.8. The molecule has 0 saturated heterocycles. The van der Waals surface area contributed by atoms with Gasteiger partial charge in [0.05, 0.1) is 17.4 Å². The SMILES string of the molecule is O=C(Cn1cnc2cc(F)c(F)cc21)N(CCc1ccccc1)Cc1ccccc1. The number of carbonyl (C=O) groups is 1. The highest BCUT2D eigenvalue weighted by Crippen LogP contribution is 2.18. The first-order valence-electron chi connectivity index (χ1n) is 9.75. The van der Waals surface area contributed by atoms with Gasteiger partial charge in [0, 0.05) is 25.2 Å². The van der Waals surface area contributed by atoms with Gasteiger partial charge in [-0.3, -0.25) is 4.79 Å². The largest absolute Gasteiger partial charge is 0.336 e. The first-order valence-corrected chi connectivity index (χ1v) is 9.75. The molecule has 4 nitrogen and oxygen atoms in total. The van der Waals surface area contributed by atoms with Crippen LogP contribution >= 0.6 is 0 Å². The van der Waals surface area contributed by atoms with Crippen LogP contribution in [0.15, 0.2) is 79.1 Å². The standard InChI is InChI=1S/C24H21F2N3O/c25-20-13-22-23(14-21(20)26)29(17-27-22)16-24(30)28(15-19-9-5-2-6-10-19)12-11-18-7-3-1-4-8-18/h1-10,13-14,17H,11-12,15-16H2. The van der Waals surface area contributed by atoms with E-state index in [0.29, 0.717) is 24.1 Å². The fourth-order valence-corrected chi connectivity index (χ4v) is 3.43. The van der Waals surface area contributed by atoms with E-state index in [1.165, 1.54) is 6.33 Å². The summed E-state index contributed by atoms with van der Waals surface area (Å²) < 4.78 is 28.7. The lowest BCUT2D eigenvalue weighted by Gasteiger charge is -2.23. The molecule has 1 aromatic heterocycles. The molecular weight excluding hydrogens is 384 g/mol. The summed E-state index contributed by atoms with van der Waals surface area (Å²) in [5, 5.41) is 0. The third-order valence-electron chi connectivity index (χ3n) is 5.05. The summed E-state index contributed by atoms with van der Waals surface area (Å²) in [4.78, 5) is 19.0. The number of amides is 1. The van der Waals surface area contributed by atoms with Gasteiger partial charge in [-0.05, 0) is 17.5 Å². The maximum Gasteiger partial charge on any atom is 0.242 e. The van der Waals surface area contributed by atoms with Crippen LogP contribution in [0.3, 0.4) is 0 Å². The van der Waals surface area contributed by atoms with Gasteiger partial charge in [0.15, 0.2) is 11.6 Å². The molecule has 1 amide bonds. The molecular formula is C24H21F2N3O. The van der Waals surface area contributed by atoms with Crippen molar-refractivity contribution < 1.29 is 13.6 Å². The molecule has 0 bridgehead atoms. The molecule has 1 heterocycles. The van der Waals surface area contributed by atoms with Gasteiger partial charge in [-0.25, -0.2) is 13.8 Å². The van der Waals surface area contributed by atoms with Gasteiger partial charge in [0.2, 0.25) is 5.91 Å². The second-order valence-electron chi connectivity index (χ2n) is 7.16. The van der Waals surface area contributed by atoms with Crippen LogP contribution in [-0.2, 0) is 24.3 Å². The number of rotatable bonds is 7. The number of hydrogen-bond acceptors (Lipinski definition) is 2. The van der Waals surface area contributed by atoms with E-state index in [1.807, 2.05) is 60.7 Å². The highest BCUT2D eigenvalue weighted by Gasteiger charge is 2.17. The van der Waals surface area contributed by atoms with E-state index < -0.39 is 11.6 Å². The summed E-state index contributed by atoms with van der Waals surface area (Å²) >= 11 is 0. The van der Waals surface area contributed by atoms with Crippen molar-refractivity contribution in [1.82, 2.24) is 14.5 Å². The van der Waals surface area contributed by atoms with Crippen molar-refractivity contribution in [3.63, 3.8) is 0 Å². The summed E-state index contributed by atoms with van der Waals surface area (Å²) in [6.07, 6.45) is 2.17. The normalized spacial score (nSPS) is 11.0. The van der Waals surface area contributed by atoms with Crippen molar-refractivity contribution in [2.45, 2.75) is 19.5 Å². The first-order chi connectivity index (χ1) is 14.6. The monoisotopic (exact) mass is 405 g/mol. The number of benzene rings is 3. The van der Waals surface area contributed by atoms with Gasteiger partial charge < -0.3 is 9.47 Å². The highest BCUT2D eigenvalue weighted by molar-refractivity contribution is 5.80. The van der Waals surface area contributed by atoms with Gasteiger partial charge in [0.25, 0.3) is 0 Å². The number of halogens is 2. The maximum atomic E-state index is 13.7. The minimum atomic E-state index is -0.957. The van der Waals surface area contributed by atoms with Gasteiger partial charge in [0.1, 0.15) is 6.54 Å². The highest BCUT2D eigenvalue weighted by atomic mass is 19.2. The molecule has 0 saturated carbocycles. The number of carbonyl (C=O) groups excluding carboxylic acids is 1. The fraction of sp³-hybridized carbons (Fsp3) is 0.167. The third-order valence-corrected chi connectivity index (χ3v) is 5.05. The van der Waals surface area contributed by atoms with Gasteiger partial charge in [-0.15, -0.1) is 0 Å². The Morgan fingerprint density at radius 1 is 0.900 bits per heavy atom. The molecule has 0 radical (unpaired) electrons. The number of nitrogens with zero attached hydrogens (tertiary/aromatic N) is 3. The molecule has 152 valence electrons. The van der Waals surface area contributed by atoms with Crippen molar-refractivity contribution in [3.8, 4) is 0 Å². The topological polar surface area (TPSA) is 38.1 Å². The Balaban J connectivity index is 1.54. The Kier molecular flexibility index (Phi) is 5.84. The zero-order chi connectivity index (χ0) is 20.9. The Morgan fingerprint density at radius 2 is 1.53 bits per heavy atom. The molecule has 0 spiro atoms. The summed E-state index contributed by atoms with van der Waals surface area (Å²) in [5.41, 5.74) is 2.89. The molecule has 0 N–H and O–H groups in total. The molecule has 0 atom stereocenters. The third kappa shape index (κ3) is 4.54. The van der Waals surface area contributed by atoms with Gasteiger partial charge in [-0.2, -0.15) is 0 Å². The van der Waals surface area contributed by atoms with Gasteiger partial charge in [-0.1, -0.05) is 60.7 Å². The van der Waals surface area contributed by atoms with Crippen LogP contribution in [0.1, 0.15) is 11.1 Å². The summed E-state index contributed by atoms with van der Waals surface area (Å²) in [5.74, 6) is -2.02. The van der Waals surface area contributed by atoms with Crippen molar-refractivity contribution in [1.29, 1.82) is 0 Å². The number of hydrogen-bond donors (Lipinski definition) is 0. The number of aromatic nitrogens is 2. The van der Waals surface area contributed by atoms with Crippen LogP contribution in [0, 0.1) is 11.6 Å². The maximum absolute atomic E-state index is 13.7. The van der Waals surface area contributed by atoms with Crippen molar-refractivity contribution >= 4 is 16.9 Å². The van der Waals surface area contributed by atoms with E-state index in [-0.39, 0.29) is 12.5 Å². The molecule has 0 aliphatic rings. The Hall–Kier alpha value is -3.54. The van der Waals surface area contributed by atoms with Crippen LogP contribution in [0.4, 0.5) is 8.78 Å². The zero-order valence-electron chi connectivity index (χ0n) is 16.3. The van der Waals surface area contributed by atoms with Gasteiger partial charge >= 0.3 is 0 Å². The molecule has 0 aliphatic heterocycles. The van der Waals surface area contributed by atoms with Crippen LogP contribution < -0.4 is 0 Å². The smallest absolute Gasteiger partial charge is 0.242 e. The summed E-state index contributed by atoms with van der Waals surface area (Å²) in [7, 11) is 0. The van der Waals surface area contributed by atoms with Crippen LogP contribution in [-0.4, -0.2) is 26.9 Å². The molecule has 4 rings (SSSR count). The number of imidazole rings is 1. The summed E-state index contributed by atoms with van der Waals surface area (Å²) in [6, 6.07) is 21.9. The van der Waals surface area contributed by atoms with Crippen molar-refractivity contribution in [3.05, 3.63) is 102 Å². The zero-order valence-corrected chi connectivity index (χ0v) is 16.3. The lowest BCUT2D eigenvalue weighted by atomic mass is 10.1. The minimum absolute atomic E-state index is 0.00317.